The first-order chi connectivity index (χ1) is 6.70. The molecule has 1 heterocycles. The Kier molecular flexibility index (Phi) is 2.43. The maximum absolute atomic E-state index is 13.2. The Hall–Kier alpha value is -1.07. The summed E-state index contributed by atoms with van der Waals surface area (Å²) in [5.74, 6) is -1.39. The van der Waals surface area contributed by atoms with E-state index in [0.717, 1.165) is 23.9 Å². The summed E-state index contributed by atoms with van der Waals surface area (Å²) in [5, 5.41) is 0.0130. The zero-order chi connectivity index (χ0) is 10.1. The van der Waals surface area contributed by atoms with E-state index in [1.54, 1.807) is 0 Å². The number of benzene rings is 1. The monoisotopic (exact) mass is 232 g/mol. The molecule has 0 aliphatic rings. The molecule has 0 fully saturated rings. The molecule has 14 heavy (non-hydrogen) atoms. The lowest BCUT2D eigenvalue weighted by Crippen LogP contribution is -1.89. The predicted molar refractivity (Wildman–Crippen MR) is 50.3 cm³/mol. The number of halogens is 3. The summed E-state index contributed by atoms with van der Waals surface area (Å²) < 4.78 is 33.8. The van der Waals surface area contributed by atoms with E-state index in [0.29, 0.717) is 0 Å². The van der Waals surface area contributed by atoms with Gasteiger partial charge in [0, 0.05) is 0 Å². The number of rotatable bonds is 1. The standard InChI is InChI=1S/C8H3ClF2N2S/c9-8-7(12-14-13-8)6-4(10)2-1-3-5(6)11/h1-3H. The van der Waals surface area contributed by atoms with Gasteiger partial charge in [0.1, 0.15) is 17.3 Å². The molecule has 0 amide bonds. The molecule has 0 bridgehead atoms. The summed E-state index contributed by atoms with van der Waals surface area (Å²) in [6.07, 6.45) is 0. The molecule has 2 rings (SSSR count). The van der Waals surface area contributed by atoms with Gasteiger partial charge in [0.15, 0.2) is 5.15 Å². The third kappa shape index (κ3) is 1.49. The van der Waals surface area contributed by atoms with Crippen LogP contribution < -0.4 is 0 Å². The maximum Gasteiger partial charge on any atom is 0.171 e. The minimum atomic E-state index is -0.695. The van der Waals surface area contributed by atoms with E-state index in [4.69, 9.17) is 11.6 Å². The molecular formula is C8H3ClF2N2S. The Morgan fingerprint density at radius 2 is 1.79 bits per heavy atom. The molecule has 0 saturated heterocycles. The Labute approximate surface area is 87.5 Å². The van der Waals surface area contributed by atoms with Crippen LogP contribution in [0.2, 0.25) is 5.15 Å². The van der Waals surface area contributed by atoms with Gasteiger partial charge in [-0.05, 0) is 12.1 Å². The fourth-order valence-electron chi connectivity index (χ4n) is 1.05. The number of hydrogen-bond acceptors (Lipinski definition) is 3. The van der Waals surface area contributed by atoms with Crippen molar-refractivity contribution in [3.63, 3.8) is 0 Å². The van der Waals surface area contributed by atoms with Gasteiger partial charge in [-0.3, -0.25) is 0 Å². The third-order valence-corrected chi connectivity index (χ3v) is 2.54. The lowest BCUT2D eigenvalue weighted by molar-refractivity contribution is 0.589. The van der Waals surface area contributed by atoms with Gasteiger partial charge in [0.25, 0.3) is 0 Å². The van der Waals surface area contributed by atoms with Crippen molar-refractivity contribution in [1.82, 2.24) is 8.75 Å². The first-order valence-electron chi connectivity index (χ1n) is 3.62. The van der Waals surface area contributed by atoms with Gasteiger partial charge in [-0.2, -0.15) is 8.75 Å². The van der Waals surface area contributed by atoms with Crippen LogP contribution in [0, 0.1) is 11.6 Å². The summed E-state index contributed by atoms with van der Waals surface area (Å²) in [6.45, 7) is 0. The first-order valence-corrected chi connectivity index (χ1v) is 4.73. The lowest BCUT2D eigenvalue weighted by Gasteiger charge is -2.00. The van der Waals surface area contributed by atoms with Crippen LogP contribution in [0.4, 0.5) is 8.78 Å². The minimum absolute atomic E-state index is 0.0130. The zero-order valence-corrected chi connectivity index (χ0v) is 8.24. The normalized spacial score (nSPS) is 10.5. The fraction of sp³-hybridized carbons (Fsp3) is 0. The van der Waals surface area contributed by atoms with Crippen molar-refractivity contribution in [3.8, 4) is 11.3 Å². The Balaban J connectivity index is 2.68. The second kappa shape index (κ2) is 3.59. The van der Waals surface area contributed by atoms with Crippen LogP contribution in [0.5, 0.6) is 0 Å². The molecule has 0 atom stereocenters. The van der Waals surface area contributed by atoms with Crippen LogP contribution in [-0.2, 0) is 0 Å². The van der Waals surface area contributed by atoms with Gasteiger partial charge in [-0.25, -0.2) is 8.78 Å². The molecule has 1 aromatic carbocycles. The van der Waals surface area contributed by atoms with Crippen molar-refractivity contribution in [2.75, 3.05) is 0 Å². The van der Waals surface area contributed by atoms with Gasteiger partial charge in [0.2, 0.25) is 0 Å². The van der Waals surface area contributed by atoms with E-state index < -0.39 is 11.6 Å². The summed E-state index contributed by atoms with van der Waals surface area (Å²) in [6, 6.07) is 3.57. The van der Waals surface area contributed by atoms with E-state index in [1.807, 2.05) is 0 Å². The van der Waals surface area contributed by atoms with E-state index >= 15 is 0 Å². The zero-order valence-electron chi connectivity index (χ0n) is 6.67. The molecule has 0 spiro atoms. The Bertz CT molecular complexity index is 452. The second-order valence-electron chi connectivity index (χ2n) is 2.50. The molecule has 2 nitrogen and oxygen atoms in total. The van der Waals surface area contributed by atoms with Crippen LogP contribution in [0.15, 0.2) is 18.2 Å². The molecule has 0 N–H and O–H groups in total. The molecule has 0 unspecified atom stereocenters. The number of aromatic nitrogens is 2. The first kappa shape index (κ1) is 9.48. The van der Waals surface area contributed by atoms with Crippen molar-refractivity contribution < 1.29 is 8.78 Å². The van der Waals surface area contributed by atoms with Gasteiger partial charge in [0.05, 0.1) is 17.3 Å². The van der Waals surface area contributed by atoms with E-state index in [-0.39, 0.29) is 16.4 Å². The Morgan fingerprint density at radius 1 is 1.14 bits per heavy atom. The van der Waals surface area contributed by atoms with Crippen molar-refractivity contribution in [2.45, 2.75) is 0 Å². The summed E-state index contributed by atoms with van der Waals surface area (Å²) in [4.78, 5) is 0. The van der Waals surface area contributed by atoms with Gasteiger partial charge in [-0.15, -0.1) is 0 Å². The fourth-order valence-corrected chi connectivity index (χ4v) is 1.79. The average Bonchev–Trinajstić information content (AvgIpc) is 2.52. The second-order valence-corrected chi connectivity index (χ2v) is 3.39. The molecular weight excluding hydrogens is 230 g/mol. The van der Waals surface area contributed by atoms with Gasteiger partial charge in [-0.1, -0.05) is 17.7 Å². The summed E-state index contributed by atoms with van der Waals surface area (Å²) in [7, 11) is 0. The molecule has 0 radical (unpaired) electrons. The molecule has 0 aliphatic heterocycles. The highest BCUT2D eigenvalue weighted by Crippen LogP contribution is 2.29. The highest BCUT2D eigenvalue weighted by molar-refractivity contribution is 6.99. The highest BCUT2D eigenvalue weighted by atomic mass is 35.5. The summed E-state index contributed by atoms with van der Waals surface area (Å²) in [5.41, 5.74) is -0.182. The van der Waals surface area contributed by atoms with E-state index in [1.165, 1.54) is 6.07 Å². The topological polar surface area (TPSA) is 25.8 Å². The van der Waals surface area contributed by atoms with Crippen molar-refractivity contribution in [2.24, 2.45) is 0 Å². The van der Waals surface area contributed by atoms with Gasteiger partial charge >= 0.3 is 0 Å². The lowest BCUT2D eigenvalue weighted by atomic mass is 10.1. The molecule has 6 heteroatoms. The maximum atomic E-state index is 13.2. The quantitative estimate of drug-likeness (QED) is 0.755. The van der Waals surface area contributed by atoms with Crippen LogP contribution in [0.1, 0.15) is 0 Å². The predicted octanol–water partition coefficient (Wildman–Crippen LogP) is 3.14. The number of hydrogen-bond donors (Lipinski definition) is 0. The molecule has 72 valence electrons. The molecule has 0 aliphatic carbocycles. The number of nitrogens with zero attached hydrogens (tertiary/aromatic N) is 2. The smallest absolute Gasteiger partial charge is 0.171 e. The van der Waals surface area contributed by atoms with Crippen molar-refractivity contribution >= 4 is 23.3 Å². The highest BCUT2D eigenvalue weighted by Gasteiger charge is 2.17. The van der Waals surface area contributed by atoms with E-state index in [2.05, 4.69) is 8.75 Å². The minimum Gasteiger partial charge on any atom is -0.206 e. The largest absolute Gasteiger partial charge is 0.206 e. The van der Waals surface area contributed by atoms with Gasteiger partial charge < -0.3 is 0 Å². The third-order valence-electron chi connectivity index (χ3n) is 1.65. The molecule has 2 aromatic rings. The van der Waals surface area contributed by atoms with Crippen LogP contribution >= 0.6 is 23.3 Å². The molecule has 1 aromatic heterocycles. The van der Waals surface area contributed by atoms with Crippen LogP contribution in [-0.4, -0.2) is 8.75 Å². The summed E-state index contributed by atoms with van der Waals surface area (Å²) >= 11 is 6.43. The SMILES string of the molecule is Fc1cccc(F)c1-c1nsnc1Cl. The molecule has 0 saturated carbocycles. The average molecular weight is 233 g/mol. The Morgan fingerprint density at radius 3 is 2.29 bits per heavy atom. The van der Waals surface area contributed by atoms with Crippen LogP contribution in [0.3, 0.4) is 0 Å². The van der Waals surface area contributed by atoms with Crippen molar-refractivity contribution in [3.05, 3.63) is 35.0 Å². The van der Waals surface area contributed by atoms with E-state index in [9.17, 15) is 8.78 Å². The van der Waals surface area contributed by atoms with Crippen molar-refractivity contribution in [1.29, 1.82) is 0 Å². The van der Waals surface area contributed by atoms with Crippen LogP contribution in [0.25, 0.3) is 11.3 Å².